The highest BCUT2D eigenvalue weighted by molar-refractivity contribution is 5.66. The van der Waals surface area contributed by atoms with Crippen molar-refractivity contribution >= 4 is 6.09 Å². The van der Waals surface area contributed by atoms with Crippen LogP contribution in [0.25, 0.3) is 0 Å². The lowest BCUT2D eigenvalue weighted by atomic mass is 10.8. The number of nitrogens with zero attached hydrogens (tertiary/aromatic N) is 1. The summed E-state index contributed by atoms with van der Waals surface area (Å²) in [5.41, 5.74) is 0. The van der Waals surface area contributed by atoms with E-state index in [4.69, 9.17) is 9.47 Å². The third-order valence-electron chi connectivity index (χ3n) is 1.00. The number of ether oxygens (including phenoxy) is 3. The third-order valence-corrected chi connectivity index (χ3v) is 1.00. The van der Waals surface area contributed by atoms with E-state index in [0.29, 0.717) is 0 Å². The van der Waals surface area contributed by atoms with Gasteiger partial charge >= 0.3 is 6.09 Å². The van der Waals surface area contributed by atoms with Gasteiger partial charge in [-0.15, -0.1) is 0 Å². The number of methoxy groups -OCH3 is 3. The standard InChI is InChI=1S/C6H13NO4/c1-9-4-7(5-10-2)6(8)11-3/h4-5H2,1-3H3. The first kappa shape index (κ1) is 10.2. The summed E-state index contributed by atoms with van der Waals surface area (Å²) in [6.45, 7) is 0.334. The number of hydrogen-bond acceptors (Lipinski definition) is 4. The van der Waals surface area contributed by atoms with E-state index in [-0.39, 0.29) is 13.5 Å². The molecule has 0 aromatic rings. The maximum Gasteiger partial charge on any atom is 0.413 e. The van der Waals surface area contributed by atoms with Crippen molar-refractivity contribution in [2.75, 3.05) is 34.8 Å². The molecule has 0 aliphatic heterocycles. The van der Waals surface area contributed by atoms with Crippen LogP contribution < -0.4 is 0 Å². The minimum absolute atomic E-state index is 0.167. The van der Waals surface area contributed by atoms with Crippen molar-refractivity contribution in [2.45, 2.75) is 0 Å². The molecule has 11 heavy (non-hydrogen) atoms. The van der Waals surface area contributed by atoms with Gasteiger partial charge in [-0.25, -0.2) is 4.79 Å². The molecule has 0 rings (SSSR count). The molecule has 0 spiro atoms. The predicted octanol–water partition coefficient (Wildman–Crippen LogP) is 0.263. The molecule has 5 nitrogen and oxygen atoms in total. The van der Waals surface area contributed by atoms with Crippen molar-refractivity contribution in [3.63, 3.8) is 0 Å². The molecule has 0 fully saturated rings. The van der Waals surface area contributed by atoms with E-state index in [1.54, 1.807) is 0 Å². The molecule has 0 aromatic carbocycles. The minimum atomic E-state index is -0.464. The fourth-order valence-corrected chi connectivity index (χ4v) is 0.583. The summed E-state index contributed by atoms with van der Waals surface area (Å²) in [4.78, 5) is 12.1. The van der Waals surface area contributed by atoms with Gasteiger partial charge in [0.15, 0.2) is 0 Å². The van der Waals surface area contributed by atoms with Crippen LogP contribution in [0.1, 0.15) is 0 Å². The van der Waals surface area contributed by atoms with Crippen LogP contribution in [0.2, 0.25) is 0 Å². The van der Waals surface area contributed by atoms with Crippen molar-refractivity contribution in [1.82, 2.24) is 4.90 Å². The first-order valence-electron chi connectivity index (χ1n) is 3.07. The quantitative estimate of drug-likeness (QED) is 0.558. The smallest absolute Gasteiger partial charge is 0.413 e. The molecule has 0 saturated heterocycles. The Bertz CT molecular complexity index is 111. The van der Waals surface area contributed by atoms with E-state index in [1.807, 2.05) is 0 Å². The third kappa shape index (κ3) is 3.79. The molecular weight excluding hydrogens is 150 g/mol. The summed E-state index contributed by atoms with van der Waals surface area (Å²) >= 11 is 0. The van der Waals surface area contributed by atoms with Crippen LogP contribution in [0.5, 0.6) is 0 Å². The average Bonchev–Trinajstić information content (AvgIpc) is 2.03. The molecule has 1 amide bonds. The van der Waals surface area contributed by atoms with Gasteiger partial charge in [-0.1, -0.05) is 0 Å². The van der Waals surface area contributed by atoms with Crippen LogP contribution in [0.4, 0.5) is 4.79 Å². The Morgan fingerprint density at radius 2 is 1.64 bits per heavy atom. The molecule has 0 unspecified atom stereocenters. The Morgan fingerprint density at radius 3 is 1.91 bits per heavy atom. The highest BCUT2D eigenvalue weighted by Gasteiger charge is 2.11. The normalized spacial score (nSPS) is 9.36. The van der Waals surface area contributed by atoms with Crippen LogP contribution in [0.15, 0.2) is 0 Å². The summed E-state index contributed by atoms with van der Waals surface area (Å²) in [7, 11) is 4.29. The lowest BCUT2D eigenvalue weighted by Gasteiger charge is -2.18. The summed E-state index contributed by atoms with van der Waals surface area (Å²) in [6, 6.07) is 0. The van der Waals surface area contributed by atoms with Gasteiger partial charge in [0.05, 0.1) is 7.11 Å². The topological polar surface area (TPSA) is 48.0 Å². The van der Waals surface area contributed by atoms with Crippen LogP contribution in [0, 0.1) is 0 Å². The maximum absolute atomic E-state index is 10.8. The highest BCUT2D eigenvalue weighted by atomic mass is 16.6. The Morgan fingerprint density at radius 1 is 1.18 bits per heavy atom. The second kappa shape index (κ2) is 5.94. The van der Waals surface area contributed by atoms with Crippen LogP contribution >= 0.6 is 0 Å². The van der Waals surface area contributed by atoms with E-state index in [1.165, 1.54) is 26.2 Å². The predicted molar refractivity (Wildman–Crippen MR) is 38.0 cm³/mol. The SMILES string of the molecule is COCN(COC)C(=O)OC. The molecule has 0 saturated carbocycles. The zero-order chi connectivity index (χ0) is 8.69. The Labute approximate surface area is 65.8 Å². The maximum atomic E-state index is 10.8. The first-order chi connectivity index (χ1) is 5.26. The molecule has 66 valence electrons. The minimum Gasteiger partial charge on any atom is -0.453 e. The fourth-order valence-electron chi connectivity index (χ4n) is 0.583. The molecule has 0 atom stereocenters. The van der Waals surface area contributed by atoms with E-state index >= 15 is 0 Å². The summed E-state index contributed by atoms with van der Waals surface area (Å²) in [6.07, 6.45) is -0.464. The van der Waals surface area contributed by atoms with Gasteiger partial charge in [-0.05, 0) is 0 Å². The number of hydrogen-bond donors (Lipinski definition) is 0. The molecule has 0 radical (unpaired) electrons. The monoisotopic (exact) mass is 163 g/mol. The van der Waals surface area contributed by atoms with Crippen molar-refractivity contribution in [1.29, 1.82) is 0 Å². The Kier molecular flexibility index (Phi) is 5.50. The number of amides is 1. The molecule has 0 N–H and O–H groups in total. The zero-order valence-electron chi connectivity index (χ0n) is 6.99. The molecular formula is C6H13NO4. The van der Waals surface area contributed by atoms with Crippen molar-refractivity contribution in [3.05, 3.63) is 0 Å². The Hall–Kier alpha value is -0.810. The van der Waals surface area contributed by atoms with Crippen LogP contribution in [-0.2, 0) is 14.2 Å². The van der Waals surface area contributed by atoms with Crippen LogP contribution in [-0.4, -0.2) is 45.8 Å². The molecule has 0 aliphatic carbocycles. The van der Waals surface area contributed by atoms with Gasteiger partial charge in [-0.3, -0.25) is 4.90 Å². The van der Waals surface area contributed by atoms with Crippen LogP contribution in [0.3, 0.4) is 0 Å². The van der Waals surface area contributed by atoms with E-state index in [0.717, 1.165) is 0 Å². The van der Waals surface area contributed by atoms with E-state index in [2.05, 4.69) is 4.74 Å². The van der Waals surface area contributed by atoms with Crippen molar-refractivity contribution in [2.24, 2.45) is 0 Å². The molecule has 0 aromatic heterocycles. The van der Waals surface area contributed by atoms with Gasteiger partial charge in [0.2, 0.25) is 0 Å². The molecule has 5 heteroatoms. The lowest BCUT2D eigenvalue weighted by Crippen LogP contribution is -2.34. The molecule has 0 bridgehead atoms. The summed E-state index contributed by atoms with van der Waals surface area (Å²) < 4.78 is 13.9. The number of carbonyl (C=O) groups excluding carboxylic acids is 1. The second-order valence-electron chi connectivity index (χ2n) is 1.85. The first-order valence-corrected chi connectivity index (χ1v) is 3.07. The van der Waals surface area contributed by atoms with E-state index in [9.17, 15) is 4.79 Å². The van der Waals surface area contributed by atoms with Gasteiger partial charge in [0, 0.05) is 14.2 Å². The van der Waals surface area contributed by atoms with Gasteiger partial charge in [0.1, 0.15) is 13.5 Å². The average molecular weight is 163 g/mol. The second-order valence-corrected chi connectivity index (χ2v) is 1.85. The fraction of sp³-hybridized carbons (Fsp3) is 0.833. The largest absolute Gasteiger partial charge is 0.453 e. The van der Waals surface area contributed by atoms with Crippen molar-refractivity contribution < 1.29 is 19.0 Å². The van der Waals surface area contributed by atoms with Gasteiger partial charge < -0.3 is 14.2 Å². The van der Waals surface area contributed by atoms with Crippen molar-refractivity contribution in [3.8, 4) is 0 Å². The Balaban J connectivity index is 3.76. The number of rotatable bonds is 4. The lowest BCUT2D eigenvalue weighted by molar-refractivity contribution is -0.00834. The zero-order valence-corrected chi connectivity index (χ0v) is 6.99. The summed E-state index contributed by atoms with van der Waals surface area (Å²) in [5, 5.41) is 0. The molecule has 0 aliphatic rings. The van der Waals surface area contributed by atoms with Gasteiger partial charge in [0.25, 0.3) is 0 Å². The van der Waals surface area contributed by atoms with Gasteiger partial charge in [-0.2, -0.15) is 0 Å². The highest BCUT2D eigenvalue weighted by Crippen LogP contribution is 1.92. The number of carbonyl (C=O) groups is 1. The summed E-state index contributed by atoms with van der Waals surface area (Å²) in [5.74, 6) is 0. The van der Waals surface area contributed by atoms with E-state index < -0.39 is 6.09 Å². The molecule has 0 heterocycles.